The lowest BCUT2D eigenvalue weighted by atomic mass is 9.88. The molecule has 0 unspecified atom stereocenters. The third kappa shape index (κ3) is 5.23. The largest absolute Gasteiger partial charge is 0.494 e. The van der Waals surface area contributed by atoms with Crippen molar-refractivity contribution >= 4 is 11.9 Å². The Morgan fingerprint density at radius 3 is 2.48 bits per heavy atom. The van der Waals surface area contributed by atoms with Gasteiger partial charge in [-0.3, -0.25) is 9.59 Å². The molecular formula is C17H24FNO4. The number of carbonyl (C=O) groups excluding carboxylic acids is 1. The molecule has 2 N–H and O–H groups in total. The van der Waals surface area contributed by atoms with E-state index in [1.54, 1.807) is 12.1 Å². The van der Waals surface area contributed by atoms with Crippen LogP contribution in [0.15, 0.2) is 18.2 Å². The van der Waals surface area contributed by atoms with Gasteiger partial charge in [-0.15, -0.1) is 0 Å². The number of methoxy groups -OCH3 is 1. The number of aryl methyl sites for hydroxylation is 1. The molecule has 1 aromatic carbocycles. The van der Waals surface area contributed by atoms with Gasteiger partial charge in [0, 0.05) is 12.0 Å². The second-order valence-electron chi connectivity index (χ2n) is 5.54. The number of hydrogen-bond acceptors (Lipinski definition) is 3. The minimum atomic E-state index is -0.951. The zero-order valence-electron chi connectivity index (χ0n) is 13.8. The average molecular weight is 325 g/mol. The molecule has 5 nitrogen and oxygen atoms in total. The number of ether oxygens (including phenoxy) is 1. The van der Waals surface area contributed by atoms with E-state index < -0.39 is 17.3 Å². The molecule has 0 atom stereocenters. The van der Waals surface area contributed by atoms with Crippen LogP contribution in [-0.2, 0) is 16.0 Å². The van der Waals surface area contributed by atoms with E-state index in [1.807, 2.05) is 13.8 Å². The molecular weight excluding hydrogens is 301 g/mol. The van der Waals surface area contributed by atoms with Crippen molar-refractivity contribution in [2.45, 2.75) is 51.5 Å². The molecule has 1 amide bonds. The Morgan fingerprint density at radius 2 is 1.96 bits per heavy atom. The number of benzene rings is 1. The van der Waals surface area contributed by atoms with Crippen LogP contribution in [0.5, 0.6) is 5.75 Å². The van der Waals surface area contributed by atoms with Crippen molar-refractivity contribution in [1.29, 1.82) is 0 Å². The van der Waals surface area contributed by atoms with Crippen LogP contribution in [0.4, 0.5) is 4.39 Å². The number of hydrogen-bond donors (Lipinski definition) is 2. The van der Waals surface area contributed by atoms with Gasteiger partial charge >= 0.3 is 5.97 Å². The van der Waals surface area contributed by atoms with Gasteiger partial charge in [-0.1, -0.05) is 26.0 Å². The van der Waals surface area contributed by atoms with Crippen molar-refractivity contribution < 1.29 is 23.8 Å². The molecule has 0 aliphatic carbocycles. The first-order chi connectivity index (χ1) is 10.9. The summed E-state index contributed by atoms with van der Waals surface area (Å²) in [5.41, 5.74) is -0.355. The number of halogens is 1. The summed E-state index contributed by atoms with van der Waals surface area (Å²) in [5, 5.41) is 11.8. The van der Waals surface area contributed by atoms with Crippen molar-refractivity contribution in [3.05, 3.63) is 29.6 Å². The highest BCUT2D eigenvalue weighted by molar-refractivity contribution is 5.78. The zero-order valence-corrected chi connectivity index (χ0v) is 13.8. The van der Waals surface area contributed by atoms with Gasteiger partial charge in [-0.2, -0.15) is 0 Å². The first kappa shape index (κ1) is 18.9. The van der Waals surface area contributed by atoms with E-state index in [0.717, 1.165) is 0 Å². The molecule has 0 aliphatic rings. The lowest BCUT2D eigenvalue weighted by molar-refractivity contribution is -0.139. The molecule has 0 fully saturated rings. The third-order valence-electron chi connectivity index (χ3n) is 4.13. The van der Waals surface area contributed by atoms with E-state index in [0.29, 0.717) is 18.4 Å². The standard InChI is InChI=1S/C17H24FNO4/c1-4-17(5-2,11-15(21)22)19-14(20)10-9-12-7-6-8-13(23-3)16(12)18/h6-8H,4-5,9-11H2,1-3H3,(H,19,20)(H,21,22). The molecule has 0 bridgehead atoms. The van der Waals surface area contributed by atoms with Crippen LogP contribution in [0.1, 0.15) is 45.1 Å². The number of nitrogens with one attached hydrogen (secondary N) is 1. The number of carbonyl (C=O) groups is 2. The van der Waals surface area contributed by atoms with E-state index in [-0.39, 0.29) is 30.9 Å². The fraction of sp³-hybridized carbons (Fsp3) is 0.529. The predicted octanol–water partition coefficient (Wildman–Crippen LogP) is 2.92. The minimum Gasteiger partial charge on any atom is -0.494 e. The minimum absolute atomic E-state index is 0.0887. The fourth-order valence-corrected chi connectivity index (χ4v) is 2.52. The first-order valence-corrected chi connectivity index (χ1v) is 7.71. The zero-order chi connectivity index (χ0) is 17.5. The highest BCUT2D eigenvalue weighted by Crippen LogP contribution is 2.22. The average Bonchev–Trinajstić information content (AvgIpc) is 2.52. The monoisotopic (exact) mass is 325 g/mol. The molecule has 23 heavy (non-hydrogen) atoms. The Kier molecular flexibility index (Phi) is 7.00. The maximum absolute atomic E-state index is 14.0. The lowest BCUT2D eigenvalue weighted by Crippen LogP contribution is -2.49. The van der Waals surface area contributed by atoms with Crippen molar-refractivity contribution in [2.24, 2.45) is 0 Å². The second kappa shape index (κ2) is 8.50. The maximum atomic E-state index is 14.0. The lowest BCUT2D eigenvalue weighted by Gasteiger charge is -2.31. The maximum Gasteiger partial charge on any atom is 0.305 e. The SMILES string of the molecule is CCC(CC)(CC(=O)O)NC(=O)CCc1cccc(OC)c1F. The van der Waals surface area contributed by atoms with Gasteiger partial charge in [0.15, 0.2) is 11.6 Å². The van der Waals surface area contributed by atoms with Gasteiger partial charge in [0.1, 0.15) is 0 Å². The summed E-state index contributed by atoms with van der Waals surface area (Å²) < 4.78 is 18.9. The quantitative estimate of drug-likeness (QED) is 0.732. The molecule has 0 aromatic heterocycles. The Morgan fingerprint density at radius 1 is 1.30 bits per heavy atom. The predicted molar refractivity (Wildman–Crippen MR) is 85.0 cm³/mol. The number of carboxylic acids is 1. The molecule has 128 valence electrons. The van der Waals surface area contributed by atoms with E-state index >= 15 is 0 Å². The highest BCUT2D eigenvalue weighted by atomic mass is 19.1. The molecule has 6 heteroatoms. The van der Waals surface area contributed by atoms with E-state index in [9.17, 15) is 14.0 Å². The smallest absolute Gasteiger partial charge is 0.305 e. The van der Waals surface area contributed by atoms with Gasteiger partial charge in [0.05, 0.1) is 13.5 Å². The number of rotatable bonds is 9. The number of amides is 1. The summed E-state index contributed by atoms with van der Waals surface area (Å²) >= 11 is 0. The topological polar surface area (TPSA) is 75.6 Å². The van der Waals surface area contributed by atoms with Crippen molar-refractivity contribution in [3.8, 4) is 5.75 Å². The van der Waals surface area contributed by atoms with Crippen molar-refractivity contribution in [3.63, 3.8) is 0 Å². The molecule has 0 heterocycles. The summed E-state index contributed by atoms with van der Waals surface area (Å²) in [4.78, 5) is 23.1. The van der Waals surface area contributed by atoms with Crippen molar-refractivity contribution in [2.75, 3.05) is 7.11 Å². The van der Waals surface area contributed by atoms with Crippen LogP contribution in [0.25, 0.3) is 0 Å². The highest BCUT2D eigenvalue weighted by Gasteiger charge is 2.30. The summed E-state index contributed by atoms with van der Waals surface area (Å²) in [6.45, 7) is 3.68. The van der Waals surface area contributed by atoms with E-state index in [4.69, 9.17) is 9.84 Å². The van der Waals surface area contributed by atoms with E-state index in [1.165, 1.54) is 13.2 Å². The Hall–Kier alpha value is -2.11. The molecule has 0 saturated heterocycles. The van der Waals surface area contributed by atoms with Crippen LogP contribution < -0.4 is 10.1 Å². The molecule has 0 aliphatic heterocycles. The van der Waals surface area contributed by atoms with Gasteiger partial charge in [0.2, 0.25) is 5.91 Å². The van der Waals surface area contributed by atoms with Gasteiger partial charge in [0.25, 0.3) is 0 Å². The summed E-state index contributed by atoms with van der Waals surface area (Å²) in [6, 6.07) is 4.79. The van der Waals surface area contributed by atoms with Crippen LogP contribution in [0.2, 0.25) is 0 Å². The summed E-state index contributed by atoms with van der Waals surface area (Å²) in [6.07, 6.45) is 1.24. The Balaban J connectivity index is 2.71. The molecule has 0 saturated carbocycles. The second-order valence-corrected chi connectivity index (χ2v) is 5.54. The molecule has 0 radical (unpaired) electrons. The van der Waals surface area contributed by atoms with Crippen molar-refractivity contribution in [1.82, 2.24) is 5.32 Å². The van der Waals surface area contributed by atoms with E-state index in [2.05, 4.69) is 5.32 Å². The molecule has 0 spiro atoms. The Bertz CT molecular complexity index is 556. The van der Waals surface area contributed by atoms with Gasteiger partial charge in [-0.05, 0) is 30.9 Å². The van der Waals surface area contributed by atoms with Crippen LogP contribution in [0, 0.1) is 5.82 Å². The summed E-state index contributed by atoms with van der Waals surface area (Å²) in [7, 11) is 1.39. The van der Waals surface area contributed by atoms with Crippen LogP contribution in [0.3, 0.4) is 0 Å². The Labute approximate surface area is 135 Å². The third-order valence-corrected chi connectivity index (χ3v) is 4.13. The summed E-state index contributed by atoms with van der Waals surface area (Å²) in [5.74, 6) is -1.55. The number of aliphatic carboxylic acids is 1. The van der Waals surface area contributed by atoms with Gasteiger partial charge in [-0.25, -0.2) is 4.39 Å². The molecule has 1 rings (SSSR count). The molecule has 1 aromatic rings. The first-order valence-electron chi connectivity index (χ1n) is 7.71. The normalized spacial score (nSPS) is 11.1. The van der Waals surface area contributed by atoms with Crippen LogP contribution >= 0.6 is 0 Å². The fourth-order valence-electron chi connectivity index (χ4n) is 2.52. The number of carboxylic acid groups (broad SMARTS) is 1. The van der Waals surface area contributed by atoms with Crippen LogP contribution in [-0.4, -0.2) is 29.6 Å². The van der Waals surface area contributed by atoms with Gasteiger partial charge < -0.3 is 15.2 Å².